The van der Waals surface area contributed by atoms with E-state index in [2.05, 4.69) is 4.98 Å². The topological polar surface area (TPSA) is 73.3 Å². The number of carbonyl (C=O) groups excluding carboxylic acids is 1. The third-order valence-corrected chi connectivity index (χ3v) is 5.92. The Kier molecular flexibility index (Phi) is 4.32. The minimum absolute atomic E-state index is 0.0647. The van der Waals surface area contributed by atoms with Gasteiger partial charge in [0.1, 0.15) is 22.9 Å². The molecule has 5 rings (SSSR count). The van der Waals surface area contributed by atoms with E-state index in [4.69, 9.17) is 22.3 Å². The van der Waals surface area contributed by atoms with Crippen LogP contribution in [0.1, 0.15) is 46.9 Å². The molecule has 2 aromatic heterocycles. The van der Waals surface area contributed by atoms with E-state index in [9.17, 15) is 4.79 Å². The Labute approximate surface area is 173 Å². The predicted octanol–water partition coefficient (Wildman–Crippen LogP) is 5.13. The maximum atomic E-state index is 12.7. The summed E-state index contributed by atoms with van der Waals surface area (Å²) < 4.78 is 2.03. The fourth-order valence-electron chi connectivity index (χ4n) is 3.83. The molecule has 29 heavy (non-hydrogen) atoms. The smallest absolute Gasteiger partial charge is 0.193 e. The van der Waals surface area contributed by atoms with E-state index in [-0.39, 0.29) is 5.78 Å². The molecule has 6 heteroatoms. The third kappa shape index (κ3) is 2.98. The average molecular weight is 403 g/mol. The van der Waals surface area contributed by atoms with Gasteiger partial charge in [-0.15, -0.1) is 0 Å². The van der Waals surface area contributed by atoms with Crippen molar-refractivity contribution in [1.82, 2.24) is 14.4 Å². The Balaban J connectivity index is 1.61. The van der Waals surface area contributed by atoms with E-state index < -0.39 is 0 Å². The Hall–Kier alpha value is -3.18. The summed E-state index contributed by atoms with van der Waals surface area (Å²) in [5.41, 5.74) is 9.59. The molecule has 2 heterocycles. The molecule has 4 aromatic rings. The Morgan fingerprint density at radius 3 is 2.59 bits per heavy atom. The Morgan fingerprint density at radius 1 is 1.10 bits per heavy atom. The zero-order valence-corrected chi connectivity index (χ0v) is 16.4. The molecule has 2 N–H and O–H groups in total. The highest BCUT2D eigenvalue weighted by Gasteiger charge is 2.27. The molecule has 2 aromatic carbocycles. The molecule has 1 fully saturated rings. The molecular weight excluding hydrogens is 384 g/mol. The highest BCUT2D eigenvalue weighted by Crippen LogP contribution is 2.40. The molecule has 1 aliphatic carbocycles. The second-order valence-corrected chi connectivity index (χ2v) is 7.77. The number of carbonyl (C=O) groups is 1. The van der Waals surface area contributed by atoms with Crippen molar-refractivity contribution < 1.29 is 4.79 Å². The van der Waals surface area contributed by atoms with E-state index in [1.54, 1.807) is 30.5 Å². The monoisotopic (exact) mass is 402 g/mol. The summed E-state index contributed by atoms with van der Waals surface area (Å²) in [5.74, 6) is 1.78. The lowest BCUT2D eigenvalue weighted by Gasteiger charge is -2.23. The molecule has 0 radical (unpaired) electrons. The number of nitrogen functional groups attached to an aromatic ring is 1. The highest BCUT2D eigenvalue weighted by molar-refractivity contribution is 6.34. The fourth-order valence-corrected chi connectivity index (χ4v) is 4.10. The van der Waals surface area contributed by atoms with Gasteiger partial charge in [0.15, 0.2) is 5.78 Å². The Morgan fingerprint density at radius 2 is 1.90 bits per heavy atom. The van der Waals surface area contributed by atoms with Gasteiger partial charge in [0, 0.05) is 35.0 Å². The summed E-state index contributed by atoms with van der Waals surface area (Å²) in [4.78, 5) is 21.9. The molecule has 5 nitrogen and oxygen atoms in total. The van der Waals surface area contributed by atoms with Crippen molar-refractivity contribution in [2.24, 2.45) is 0 Å². The van der Waals surface area contributed by atoms with Crippen LogP contribution in [0.4, 0.5) is 5.82 Å². The average Bonchev–Trinajstić information content (AvgIpc) is 3.07. The summed E-state index contributed by atoms with van der Waals surface area (Å²) >= 11 is 6.62. The van der Waals surface area contributed by atoms with Gasteiger partial charge < -0.3 is 5.73 Å². The van der Waals surface area contributed by atoms with Crippen molar-refractivity contribution in [3.05, 3.63) is 82.9 Å². The third-order valence-electron chi connectivity index (χ3n) is 5.60. The van der Waals surface area contributed by atoms with E-state index in [1.807, 2.05) is 34.9 Å². The van der Waals surface area contributed by atoms with E-state index >= 15 is 0 Å². The summed E-state index contributed by atoms with van der Waals surface area (Å²) in [6, 6.07) is 14.5. The summed E-state index contributed by atoms with van der Waals surface area (Å²) in [6.45, 7) is 0. The van der Waals surface area contributed by atoms with Gasteiger partial charge in [-0.3, -0.25) is 9.20 Å². The largest absolute Gasteiger partial charge is 0.382 e. The number of fused-ring (bicyclic) bond motifs is 1. The number of nitrogens with zero attached hydrogens (tertiary/aromatic N) is 3. The van der Waals surface area contributed by atoms with Crippen molar-refractivity contribution in [2.45, 2.75) is 25.2 Å². The first-order valence-corrected chi connectivity index (χ1v) is 10.0. The standard InChI is InChI=1S/C23H19ClN4O/c24-18-13-16(21(29)14-5-2-1-3-6-14)9-10-17(18)19-20-22(25)26-11-12-28(20)23(27-19)15-7-4-8-15/h1-3,5-6,9-13,15H,4,7-8H2,(H2,25,26). The lowest BCUT2D eigenvalue weighted by atomic mass is 9.85. The first kappa shape index (κ1) is 17.9. The molecule has 0 bridgehead atoms. The number of imidazole rings is 1. The second kappa shape index (κ2) is 7.01. The van der Waals surface area contributed by atoms with Crippen molar-refractivity contribution >= 4 is 28.7 Å². The normalized spacial score (nSPS) is 14.1. The summed E-state index contributed by atoms with van der Waals surface area (Å²) in [7, 11) is 0. The lowest BCUT2D eigenvalue weighted by molar-refractivity contribution is 0.103. The molecule has 1 aliphatic rings. The SMILES string of the molecule is Nc1nccn2c(C3CCC3)nc(-c3ccc(C(=O)c4ccccc4)cc3Cl)c12. The number of rotatable bonds is 4. The van der Waals surface area contributed by atoms with Gasteiger partial charge in [-0.25, -0.2) is 9.97 Å². The van der Waals surface area contributed by atoms with Crippen molar-refractivity contribution in [3.8, 4) is 11.3 Å². The van der Waals surface area contributed by atoms with Gasteiger partial charge in [-0.1, -0.05) is 60.5 Å². The van der Waals surface area contributed by atoms with Crippen LogP contribution in [0.3, 0.4) is 0 Å². The number of halogens is 1. The van der Waals surface area contributed by atoms with E-state index in [0.29, 0.717) is 33.6 Å². The maximum absolute atomic E-state index is 12.7. The van der Waals surface area contributed by atoms with Crippen molar-refractivity contribution in [2.75, 3.05) is 5.73 Å². The van der Waals surface area contributed by atoms with E-state index in [1.165, 1.54) is 6.42 Å². The first-order valence-electron chi connectivity index (χ1n) is 9.65. The number of hydrogen-bond donors (Lipinski definition) is 1. The quantitative estimate of drug-likeness (QED) is 0.480. The van der Waals surface area contributed by atoms with Crippen LogP contribution in [0, 0.1) is 0 Å². The van der Waals surface area contributed by atoms with Crippen LogP contribution >= 0.6 is 11.6 Å². The highest BCUT2D eigenvalue weighted by atomic mass is 35.5. The molecule has 144 valence electrons. The number of ketones is 1. The molecule has 0 aliphatic heterocycles. The molecule has 0 spiro atoms. The fraction of sp³-hybridized carbons (Fsp3) is 0.174. The summed E-state index contributed by atoms with van der Waals surface area (Å²) in [5, 5.41) is 0.468. The van der Waals surface area contributed by atoms with Crippen LogP contribution in [0.25, 0.3) is 16.8 Å². The molecule has 1 saturated carbocycles. The van der Waals surface area contributed by atoms with E-state index in [0.717, 1.165) is 29.7 Å². The van der Waals surface area contributed by atoms with Crippen molar-refractivity contribution in [1.29, 1.82) is 0 Å². The first-order chi connectivity index (χ1) is 14.1. The number of hydrogen-bond acceptors (Lipinski definition) is 4. The maximum Gasteiger partial charge on any atom is 0.193 e. The zero-order valence-electron chi connectivity index (χ0n) is 15.7. The van der Waals surface area contributed by atoms with Crippen LogP contribution in [0.15, 0.2) is 60.9 Å². The van der Waals surface area contributed by atoms with Gasteiger partial charge in [0.2, 0.25) is 0 Å². The van der Waals surface area contributed by atoms with Gasteiger partial charge in [-0.2, -0.15) is 0 Å². The second-order valence-electron chi connectivity index (χ2n) is 7.37. The molecule has 0 amide bonds. The van der Waals surface area contributed by atoms with Gasteiger partial charge in [0.05, 0.1) is 5.02 Å². The number of aromatic nitrogens is 3. The van der Waals surface area contributed by atoms with Crippen LogP contribution < -0.4 is 5.73 Å². The minimum Gasteiger partial charge on any atom is -0.382 e. The minimum atomic E-state index is -0.0647. The molecule has 0 atom stereocenters. The number of nitrogens with two attached hydrogens (primary N) is 1. The van der Waals surface area contributed by atoms with Crippen LogP contribution in [0.2, 0.25) is 5.02 Å². The van der Waals surface area contributed by atoms with Crippen LogP contribution in [-0.4, -0.2) is 20.2 Å². The number of benzene rings is 2. The zero-order chi connectivity index (χ0) is 20.0. The molecular formula is C23H19ClN4O. The summed E-state index contributed by atoms with van der Waals surface area (Å²) in [6.07, 6.45) is 7.06. The predicted molar refractivity (Wildman–Crippen MR) is 114 cm³/mol. The number of anilines is 1. The Bertz CT molecular complexity index is 1230. The van der Waals surface area contributed by atoms with Crippen LogP contribution in [0.5, 0.6) is 0 Å². The van der Waals surface area contributed by atoms with Gasteiger partial charge >= 0.3 is 0 Å². The molecule has 0 saturated heterocycles. The van der Waals surface area contributed by atoms with Crippen molar-refractivity contribution in [3.63, 3.8) is 0 Å². The lowest BCUT2D eigenvalue weighted by Crippen LogP contribution is -2.12. The van der Waals surface area contributed by atoms with Gasteiger partial charge in [0.25, 0.3) is 0 Å². The van der Waals surface area contributed by atoms with Gasteiger partial charge in [-0.05, 0) is 18.9 Å². The molecule has 0 unspecified atom stereocenters. The van der Waals surface area contributed by atoms with Crippen LogP contribution in [-0.2, 0) is 0 Å².